The van der Waals surface area contributed by atoms with Crippen LogP contribution in [0.2, 0.25) is 0 Å². The molecule has 1 aromatic carbocycles. The number of rotatable bonds is 2. The van der Waals surface area contributed by atoms with E-state index in [0.717, 1.165) is 27.7 Å². The molecule has 0 aliphatic heterocycles. The number of aromatic nitrogens is 1. The average molecular weight is 285 g/mol. The van der Waals surface area contributed by atoms with Crippen molar-refractivity contribution in [1.82, 2.24) is 4.57 Å². The van der Waals surface area contributed by atoms with Crippen molar-refractivity contribution in [3.63, 3.8) is 0 Å². The Balaban J connectivity index is 2.60. The number of nitrogens with zero attached hydrogens (tertiary/aromatic N) is 1. The number of aryl methyl sites for hydroxylation is 3. The maximum atomic E-state index is 12.2. The Morgan fingerprint density at radius 3 is 2.67 bits per heavy atom. The highest BCUT2D eigenvalue weighted by molar-refractivity contribution is 6.07. The first kappa shape index (κ1) is 13.4. The van der Waals surface area contributed by atoms with Gasteiger partial charge in [0.15, 0.2) is 0 Å². The van der Waals surface area contributed by atoms with Gasteiger partial charge in [-0.3, -0.25) is 14.2 Å². The molecule has 0 aliphatic rings. The number of hydrogen-bond donors (Lipinski definition) is 1. The number of pyridine rings is 1. The summed E-state index contributed by atoms with van der Waals surface area (Å²) in [4.78, 5) is 23.3. The van der Waals surface area contributed by atoms with Crippen LogP contribution in [0.1, 0.15) is 16.9 Å². The van der Waals surface area contributed by atoms with Gasteiger partial charge in [0.25, 0.3) is 5.56 Å². The van der Waals surface area contributed by atoms with Crippen molar-refractivity contribution >= 4 is 27.8 Å². The predicted molar refractivity (Wildman–Crippen MR) is 79.8 cm³/mol. The van der Waals surface area contributed by atoms with Gasteiger partial charge >= 0.3 is 5.97 Å². The van der Waals surface area contributed by atoms with Crippen LogP contribution >= 0.6 is 0 Å². The molecule has 0 fully saturated rings. The Labute approximate surface area is 120 Å². The van der Waals surface area contributed by atoms with Crippen LogP contribution in [0, 0.1) is 20.8 Å². The first-order valence-electron chi connectivity index (χ1n) is 6.65. The number of fused-ring (bicyclic) bond motifs is 3. The number of carboxylic acid groups (broad SMARTS) is 1. The van der Waals surface area contributed by atoms with E-state index >= 15 is 0 Å². The van der Waals surface area contributed by atoms with E-state index < -0.39 is 5.97 Å². The molecule has 3 aromatic rings. The Morgan fingerprint density at radius 1 is 1.29 bits per heavy atom. The monoisotopic (exact) mass is 285 g/mol. The van der Waals surface area contributed by atoms with Crippen molar-refractivity contribution in [3.8, 4) is 0 Å². The molecule has 108 valence electrons. The van der Waals surface area contributed by atoms with Gasteiger partial charge in [-0.25, -0.2) is 0 Å². The molecule has 0 aliphatic carbocycles. The van der Waals surface area contributed by atoms with Gasteiger partial charge in [0, 0.05) is 22.4 Å². The quantitative estimate of drug-likeness (QED) is 0.785. The van der Waals surface area contributed by atoms with Gasteiger partial charge in [-0.1, -0.05) is 0 Å². The molecule has 1 N–H and O–H groups in total. The standard InChI is InChI=1S/C16H15NO4/c1-8-6-13(18)17(7-14(19)20)16-11(8)4-5-12-15(16)9(2)10(3)21-12/h4-6H,7H2,1-3H3,(H,19,20). The molecule has 3 rings (SSSR count). The van der Waals surface area contributed by atoms with Crippen LogP contribution in [-0.2, 0) is 11.3 Å². The van der Waals surface area contributed by atoms with E-state index in [1.165, 1.54) is 10.6 Å². The van der Waals surface area contributed by atoms with E-state index in [1.54, 1.807) is 0 Å². The van der Waals surface area contributed by atoms with Crippen LogP contribution in [0.3, 0.4) is 0 Å². The second kappa shape index (κ2) is 4.48. The largest absolute Gasteiger partial charge is 0.480 e. The van der Waals surface area contributed by atoms with Gasteiger partial charge in [0.1, 0.15) is 17.9 Å². The number of carbonyl (C=O) groups is 1. The summed E-state index contributed by atoms with van der Waals surface area (Å²) in [5.74, 6) is -0.273. The molecule has 0 atom stereocenters. The topological polar surface area (TPSA) is 72.4 Å². The second-order valence-electron chi connectivity index (χ2n) is 5.26. The van der Waals surface area contributed by atoms with Gasteiger partial charge in [-0.2, -0.15) is 0 Å². The summed E-state index contributed by atoms with van der Waals surface area (Å²) in [5, 5.41) is 10.8. The molecule has 0 bridgehead atoms. The lowest BCUT2D eigenvalue weighted by Gasteiger charge is -2.11. The van der Waals surface area contributed by atoms with Gasteiger partial charge in [-0.15, -0.1) is 0 Å². The SMILES string of the molecule is Cc1oc2ccc3c(C)cc(=O)n(CC(=O)O)c3c2c1C. The number of hydrogen-bond acceptors (Lipinski definition) is 3. The first-order chi connectivity index (χ1) is 9.90. The normalized spacial score (nSPS) is 11.4. The van der Waals surface area contributed by atoms with Crippen molar-refractivity contribution < 1.29 is 14.3 Å². The fraction of sp³-hybridized carbons (Fsp3) is 0.250. The maximum absolute atomic E-state index is 12.2. The molecular weight excluding hydrogens is 270 g/mol. The smallest absolute Gasteiger partial charge is 0.323 e. The van der Waals surface area contributed by atoms with Gasteiger partial charge in [0.05, 0.1) is 5.52 Å². The van der Waals surface area contributed by atoms with E-state index in [-0.39, 0.29) is 12.1 Å². The lowest BCUT2D eigenvalue weighted by Crippen LogP contribution is -2.24. The fourth-order valence-corrected chi connectivity index (χ4v) is 2.78. The maximum Gasteiger partial charge on any atom is 0.323 e. The molecule has 5 heteroatoms. The first-order valence-corrected chi connectivity index (χ1v) is 6.65. The van der Waals surface area contributed by atoms with Crippen LogP contribution in [0.25, 0.3) is 21.9 Å². The van der Waals surface area contributed by atoms with Crippen molar-refractivity contribution in [2.24, 2.45) is 0 Å². The van der Waals surface area contributed by atoms with Crippen LogP contribution in [0.15, 0.2) is 27.4 Å². The minimum Gasteiger partial charge on any atom is -0.480 e. The third-order valence-corrected chi connectivity index (χ3v) is 3.90. The highest BCUT2D eigenvalue weighted by Gasteiger charge is 2.17. The molecular formula is C16H15NO4. The zero-order valence-corrected chi connectivity index (χ0v) is 12.1. The molecule has 0 amide bonds. The van der Waals surface area contributed by atoms with Crippen LogP contribution in [-0.4, -0.2) is 15.6 Å². The van der Waals surface area contributed by atoms with E-state index in [0.29, 0.717) is 11.1 Å². The Morgan fingerprint density at radius 2 is 2.00 bits per heavy atom. The lowest BCUT2D eigenvalue weighted by atomic mass is 10.0. The van der Waals surface area contributed by atoms with Gasteiger partial charge in [-0.05, 0) is 38.5 Å². The molecule has 0 saturated carbocycles. The minimum atomic E-state index is -1.04. The summed E-state index contributed by atoms with van der Waals surface area (Å²) in [5.41, 5.74) is 2.75. The number of aliphatic carboxylic acids is 1. The zero-order valence-electron chi connectivity index (χ0n) is 12.1. The van der Waals surface area contributed by atoms with Crippen LogP contribution in [0.5, 0.6) is 0 Å². The summed E-state index contributed by atoms with van der Waals surface area (Å²) in [7, 11) is 0. The summed E-state index contributed by atoms with van der Waals surface area (Å²) in [6, 6.07) is 5.20. The Bertz CT molecular complexity index is 946. The van der Waals surface area contributed by atoms with E-state index in [4.69, 9.17) is 9.52 Å². The average Bonchev–Trinajstić information content (AvgIpc) is 2.69. The molecule has 0 spiro atoms. The minimum absolute atomic E-state index is 0.312. The Kier molecular flexibility index (Phi) is 2.86. The molecule has 2 aromatic heterocycles. The summed E-state index contributed by atoms with van der Waals surface area (Å²) >= 11 is 0. The number of benzene rings is 1. The molecule has 21 heavy (non-hydrogen) atoms. The van der Waals surface area contributed by atoms with Crippen molar-refractivity contribution in [1.29, 1.82) is 0 Å². The third-order valence-electron chi connectivity index (χ3n) is 3.90. The van der Waals surface area contributed by atoms with Gasteiger partial charge < -0.3 is 9.52 Å². The zero-order chi connectivity index (χ0) is 15.3. The number of carboxylic acids is 1. The van der Waals surface area contributed by atoms with Crippen LogP contribution in [0.4, 0.5) is 0 Å². The number of furan rings is 1. The van der Waals surface area contributed by atoms with E-state index in [9.17, 15) is 9.59 Å². The summed E-state index contributed by atoms with van der Waals surface area (Å²) in [6.45, 7) is 5.26. The van der Waals surface area contributed by atoms with Gasteiger partial charge in [0.2, 0.25) is 0 Å². The second-order valence-corrected chi connectivity index (χ2v) is 5.26. The third kappa shape index (κ3) is 1.93. The van der Waals surface area contributed by atoms with Crippen LogP contribution < -0.4 is 5.56 Å². The van der Waals surface area contributed by atoms with E-state index in [2.05, 4.69) is 0 Å². The van der Waals surface area contributed by atoms with Crippen molar-refractivity contribution in [2.75, 3.05) is 0 Å². The van der Waals surface area contributed by atoms with Crippen molar-refractivity contribution in [2.45, 2.75) is 27.3 Å². The highest BCUT2D eigenvalue weighted by Crippen LogP contribution is 2.32. The Hall–Kier alpha value is -2.56. The summed E-state index contributed by atoms with van der Waals surface area (Å²) < 4.78 is 6.98. The van der Waals surface area contributed by atoms with E-state index in [1.807, 2.05) is 32.9 Å². The molecule has 0 unspecified atom stereocenters. The highest BCUT2D eigenvalue weighted by atomic mass is 16.4. The molecule has 0 radical (unpaired) electrons. The fourth-order valence-electron chi connectivity index (χ4n) is 2.78. The summed E-state index contributed by atoms with van der Waals surface area (Å²) in [6.07, 6.45) is 0. The molecule has 0 saturated heterocycles. The molecule has 5 nitrogen and oxygen atoms in total. The lowest BCUT2D eigenvalue weighted by molar-refractivity contribution is -0.137. The molecule has 2 heterocycles. The predicted octanol–water partition coefficient (Wildman–Crippen LogP) is 2.76. The van der Waals surface area contributed by atoms with Crippen molar-refractivity contribution in [3.05, 3.63) is 45.4 Å².